The SMILES string of the molecule is CCCCn1c(N)c(N(C)C(=O)CC(NC(C)=O)c2ccccc2)c(=O)[nH]c1=O. The highest BCUT2D eigenvalue weighted by molar-refractivity contribution is 5.95. The molecule has 156 valence electrons. The number of aromatic nitrogens is 2. The van der Waals surface area contributed by atoms with Crippen molar-refractivity contribution in [2.24, 2.45) is 0 Å². The zero-order valence-electron chi connectivity index (χ0n) is 16.9. The maximum absolute atomic E-state index is 12.9. The number of benzene rings is 1. The molecule has 1 unspecified atom stereocenters. The number of aromatic amines is 1. The van der Waals surface area contributed by atoms with Crippen molar-refractivity contribution < 1.29 is 9.59 Å². The van der Waals surface area contributed by atoms with Crippen molar-refractivity contribution in [1.82, 2.24) is 14.9 Å². The van der Waals surface area contributed by atoms with E-state index in [1.165, 1.54) is 18.5 Å². The molecule has 0 aliphatic rings. The molecule has 4 N–H and O–H groups in total. The Kier molecular flexibility index (Phi) is 7.35. The summed E-state index contributed by atoms with van der Waals surface area (Å²) in [6.45, 7) is 3.68. The minimum atomic E-state index is -0.730. The van der Waals surface area contributed by atoms with E-state index in [-0.39, 0.29) is 23.8 Å². The number of unbranched alkanes of at least 4 members (excludes halogenated alkanes) is 1. The van der Waals surface area contributed by atoms with Crippen LogP contribution in [0.4, 0.5) is 11.5 Å². The predicted molar refractivity (Wildman–Crippen MR) is 112 cm³/mol. The van der Waals surface area contributed by atoms with Crippen LogP contribution < -0.4 is 27.2 Å². The smallest absolute Gasteiger partial charge is 0.330 e. The second-order valence-electron chi connectivity index (χ2n) is 6.82. The molecule has 9 nitrogen and oxygen atoms in total. The molecular formula is C20H27N5O4. The Morgan fingerprint density at radius 2 is 1.90 bits per heavy atom. The zero-order valence-corrected chi connectivity index (χ0v) is 16.9. The number of H-pyrrole nitrogens is 1. The molecule has 0 aliphatic heterocycles. The van der Waals surface area contributed by atoms with Crippen LogP contribution in [0, 0.1) is 0 Å². The van der Waals surface area contributed by atoms with Gasteiger partial charge in [-0.05, 0) is 12.0 Å². The number of carbonyl (C=O) groups excluding carboxylic acids is 2. The summed E-state index contributed by atoms with van der Waals surface area (Å²) in [7, 11) is 1.42. The molecule has 1 aromatic carbocycles. The number of nitrogens with one attached hydrogen (secondary N) is 2. The van der Waals surface area contributed by atoms with Gasteiger partial charge in [0.15, 0.2) is 5.69 Å². The van der Waals surface area contributed by atoms with Gasteiger partial charge in [0.25, 0.3) is 5.56 Å². The number of anilines is 2. The van der Waals surface area contributed by atoms with Crippen LogP contribution in [0.1, 0.15) is 44.7 Å². The highest BCUT2D eigenvalue weighted by Gasteiger charge is 2.24. The molecule has 9 heteroatoms. The lowest BCUT2D eigenvalue weighted by atomic mass is 10.0. The average molecular weight is 401 g/mol. The van der Waals surface area contributed by atoms with Gasteiger partial charge in [-0.1, -0.05) is 43.7 Å². The van der Waals surface area contributed by atoms with E-state index in [9.17, 15) is 19.2 Å². The Balaban J connectivity index is 2.34. The summed E-state index contributed by atoms with van der Waals surface area (Å²) in [6, 6.07) is 8.51. The number of rotatable bonds is 8. The van der Waals surface area contributed by atoms with Crippen molar-refractivity contribution >= 4 is 23.3 Å². The first kappa shape index (κ1) is 21.9. The van der Waals surface area contributed by atoms with E-state index in [1.807, 2.05) is 25.1 Å². The van der Waals surface area contributed by atoms with Crippen LogP contribution in [-0.4, -0.2) is 28.4 Å². The third kappa shape index (κ3) is 5.34. The van der Waals surface area contributed by atoms with Gasteiger partial charge in [-0.3, -0.25) is 23.9 Å². The maximum Gasteiger partial charge on any atom is 0.330 e. The van der Waals surface area contributed by atoms with Crippen LogP contribution in [0.25, 0.3) is 0 Å². The lowest BCUT2D eigenvalue weighted by Crippen LogP contribution is -2.40. The molecule has 2 aromatic rings. The van der Waals surface area contributed by atoms with Gasteiger partial charge in [0, 0.05) is 20.5 Å². The first-order valence-corrected chi connectivity index (χ1v) is 9.47. The number of carbonyl (C=O) groups is 2. The number of nitrogens with zero attached hydrogens (tertiary/aromatic N) is 2. The number of nitrogens with two attached hydrogens (primary N) is 1. The second-order valence-corrected chi connectivity index (χ2v) is 6.82. The summed E-state index contributed by atoms with van der Waals surface area (Å²) in [5, 5.41) is 2.75. The maximum atomic E-state index is 12.9. The lowest BCUT2D eigenvalue weighted by Gasteiger charge is -2.24. The molecule has 1 aromatic heterocycles. The molecule has 0 bridgehead atoms. The van der Waals surface area contributed by atoms with Gasteiger partial charge >= 0.3 is 5.69 Å². The van der Waals surface area contributed by atoms with Crippen molar-refractivity contribution in [1.29, 1.82) is 0 Å². The summed E-state index contributed by atoms with van der Waals surface area (Å²) in [5.41, 5.74) is 5.41. The normalized spacial score (nSPS) is 11.7. The molecule has 2 amide bonds. The Labute approximate surface area is 168 Å². The minimum Gasteiger partial charge on any atom is -0.383 e. The molecule has 0 aliphatic carbocycles. The van der Waals surface area contributed by atoms with E-state index in [4.69, 9.17) is 5.73 Å². The first-order chi connectivity index (χ1) is 13.8. The third-order valence-corrected chi connectivity index (χ3v) is 4.62. The molecule has 1 heterocycles. The van der Waals surface area contributed by atoms with Crippen LogP contribution in [0.3, 0.4) is 0 Å². The molecule has 0 saturated carbocycles. The standard InChI is InChI=1S/C20H27N5O4/c1-4-5-11-25-18(21)17(19(28)23-20(25)29)24(3)16(27)12-15(22-13(2)26)14-9-7-6-8-10-14/h6-10,15H,4-5,11-12,21H2,1-3H3,(H,22,26)(H,23,28,29). The topological polar surface area (TPSA) is 130 Å². The number of hydrogen-bond acceptors (Lipinski definition) is 5. The van der Waals surface area contributed by atoms with Crippen molar-refractivity contribution in [3.63, 3.8) is 0 Å². The van der Waals surface area contributed by atoms with Crippen LogP contribution in [0.15, 0.2) is 39.9 Å². The van der Waals surface area contributed by atoms with E-state index in [1.54, 1.807) is 12.1 Å². The Morgan fingerprint density at radius 3 is 2.48 bits per heavy atom. The lowest BCUT2D eigenvalue weighted by molar-refractivity contribution is -0.121. The summed E-state index contributed by atoms with van der Waals surface area (Å²) >= 11 is 0. The Hall–Kier alpha value is -3.36. The Morgan fingerprint density at radius 1 is 1.24 bits per heavy atom. The van der Waals surface area contributed by atoms with Crippen molar-refractivity contribution in [3.05, 3.63) is 56.7 Å². The van der Waals surface area contributed by atoms with Gasteiger partial charge in [-0.2, -0.15) is 0 Å². The van der Waals surface area contributed by atoms with Gasteiger partial charge in [0.2, 0.25) is 11.8 Å². The molecule has 0 saturated heterocycles. The van der Waals surface area contributed by atoms with Crippen LogP contribution >= 0.6 is 0 Å². The van der Waals surface area contributed by atoms with Crippen molar-refractivity contribution in [2.75, 3.05) is 17.7 Å². The fourth-order valence-electron chi connectivity index (χ4n) is 3.06. The number of hydrogen-bond donors (Lipinski definition) is 3. The fourth-order valence-corrected chi connectivity index (χ4v) is 3.06. The molecule has 29 heavy (non-hydrogen) atoms. The second kappa shape index (κ2) is 9.72. The van der Waals surface area contributed by atoms with E-state index in [2.05, 4.69) is 10.3 Å². The molecule has 2 rings (SSSR count). The summed E-state index contributed by atoms with van der Waals surface area (Å²) in [5.74, 6) is -0.760. The summed E-state index contributed by atoms with van der Waals surface area (Å²) < 4.78 is 1.26. The molecule has 0 spiro atoms. The van der Waals surface area contributed by atoms with Gasteiger partial charge in [0.1, 0.15) is 5.82 Å². The zero-order chi connectivity index (χ0) is 21.6. The van der Waals surface area contributed by atoms with Gasteiger partial charge < -0.3 is 16.0 Å². The summed E-state index contributed by atoms with van der Waals surface area (Å²) in [6.07, 6.45) is 1.46. The highest BCUT2D eigenvalue weighted by Crippen LogP contribution is 2.21. The number of amides is 2. The van der Waals surface area contributed by atoms with Crippen LogP contribution in [0.2, 0.25) is 0 Å². The fraction of sp³-hybridized carbons (Fsp3) is 0.400. The van der Waals surface area contributed by atoms with Gasteiger partial charge in [-0.25, -0.2) is 4.79 Å². The van der Waals surface area contributed by atoms with Crippen LogP contribution in [-0.2, 0) is 16.1 Å². The van der Waals surface area contributed by atoms with E-state index >= 15 is 0 Å². The molecule has 1 atom stereocenters. The van der Waals surface area contributed by atoms with Crippen molar-refractivity contribution in [2.45, 2.75) is 45.7 Å². The summed E-state index contributed by atoms with van der Waals surface area (Å²) in [4.78, 5) is 52.3. The monoisotopic (exact) mass is 401 g/mol. The number of nitrogen functional groups attached to an aromatic ring is 1. The largest absolute Gasteiger partial charge is 0.383 e. The van der Waals surface area contributed by atoms with E-state index in [0.29, 0.717) is 13.0 Å². The highest BCUT2D eigenvalue weighted by atomic mass is 16.2. The molecule has 0 fully saturated rings. The first-order valence-electron chi connectivity index (χ1n) is 9.47. The molecule has 0 radical (unpaired) electrons. The van der Waals surface area contributed by atoms with Crippen molar-refractivity contribution in [3.8, 4) is 0 Å². The Bertz CT molecular complexity index is 981. The van der Waals surface area contributed by atoms with E-state index in [0.717, 1.165) is 16.9 Å². The minimum absolute atomic E-state index is 0.0566. The van der Waals surface area contributed by atoms with Gasteiger partial charge in [-0.15, -0.1) is 0 Å². The average Bonchev–Trinajstić information content (AvgIpc) is 2.67. The molecular weight excluding hydrogens is 374 g/mol. The quantitative estimate of drug-likeness (QED) is 0.611. The van der Waals surface area contributed by atoms with E-state index < -0.39 is 23.2 Å². The van der Waals surface area contributed by atoms with Crippen LogP contribution in [0.5, 0.6) is 0 Å². The third-order valence-electron chi connectivity index (χ3n) is 4.62. The van der Waals surface area contributed by atoms with Gasteiger partial charge in [0.05, 0.1) is 12.5 Å². The predicted octanol–water partition coefficient (Wildman–Crippen LogP) is 1.15.